The molecule has 0 N–H and O–H groups in total. The lowest BCUT2D eigenvalue weighted by molar-refractivity contribution is 0.689. The normalized spacial score (nSPS) is 14.5. The minimum atomic E-state index is 1.10. The van der Waals surface area contributed by atoms with Crippen molar-refractivity contribution in [3.63, 3.8) is 0 Å². The fraction of sp³-hybridized carbons (Fsp3) is 0.250. The molecule has 4 rings (SSSR count). The number of rotatable bonds is 3. The van der Waals surface area contributed by atoms with Crippen molar-refractivity contribution < 1.29 is 0 Å². The van der Waals surface area contributed by atoms with Crippen molar-refractivity contribution in [1.29, 1.82) is 0 Å². The highest BCUT2D eigenvalue weighted by Crippen LogP contribution is 2.28. The molecule has 0 aromatic heterocycles. The number of hydrogen-bond acceptors (Lipinski definition) is 2. The number of piperidine rings is 1. The number of benzene rings is 3. The Hall–Kier alpha value is -2.74. The van der Waals surface area contributed by atoms with Gasteiger partial charge in [0.25, 0.3) is 0 Å². The molecule has 0 atom stereocenters. The summed E-state index contributed by atoms with van der Waals surface area (Å²) in [5.74, 6) is 0. The second-order valence-electron chi connectivity index (χ2n) is 7.27. The third-order valence-electron chi connectivity index (χ3n) is 5.32. The van der Waals surface area contributed by atoms with Crippen LogP contribution in [-0.4, -0.2) is 27.2 Å². The second-order valence-corrected chi connectivity index (χ2v) is 7.27. The molecule has 0 radical (unpaired) electrons. The maximum atomic E-state index is 2.50. The maximum absolute atomic E-state index is 2.50. The molecule has 26 heavy (non-hydrogen) atoms. The third kappa shape index (κ3) is 3.45. The van der Waals surface area contributed by atoms with Gasteiger partial charge in [-0.2, -0.15) is 0 Å². The summed E-state index contributed by atoms with van der Waals surface area (Å²) in [6, 6.07) is 24.1. The molecule has 1 saturated heterocycles. The standard InChI is InChI=1S/C24H26N2/c1-25(2)22-10-12-23(13-11-22)26-16-14-19(15-17-26)18-21-8-5-7-20-6-3-4-9-24(20)21/h3-13,18H,14-17H2,1-2H3. The van der Waals surface area contributed by atoms with E-state index in [0.29, 0.717) is 0 Å². The summed E-state index contributed by atoms with van der Waals surface area (Å²) < 4.78 is 0. The van der Waals surface area contributed by atoms with Crippen molar-refractivity contribution in [1.82, 2.24) is 0 Å². The lowest BCUT2D eigenvalue weighted by Gasteiger charge is -2.31. The average molecular weight is 342 g/mol. The van der Waals surface area contributed by atoms with Crippen molar-refractivity contribution in [2.24, 2.45) is 0 Å². The molecule has 132 valence electrons. The Morgan fingerprint density at radius 3 is 2.23 bits per heavy atom. The summed E-state index contributed by atoms with van der Waals surface area (Å²) in [6.45, 7) is 2.19. The van der Waals surface area contributed by atoms with E-state index in [-0.39, 0.29) is 0 Å². The lowest BCUT2D eigenvalue weighted by Crippen LogP contribution is -2.30. The Morgan fingerprint density at radius 1 is 0.808 bits per heavy atom. The summed E-state index contributed by atoms with van der Waals surface area (Å²) >= 11 is 0. The predicted octanol–water partition coefficient (Wildman–Crippen LogP) is 5.59. The van der Waals surface area contributed by atoms with Crippen molar-refractivity contribution >= 4 is 28.2 Å². The highest BCUT2D eigenvalue weighted by atomic mass is 15.1. The molecular formula is C24H26N2. The zero-order chi connectivity index (χ0) is 17.9. The number of hydrogen-bond donors (Lipinski definition) is 0. The van der Waals surface area contributed by atoms with Crippen LogP contribution in [0.2, 0.25) is 0 Å². The van der Waals surface area contributed by atoms with E-state index in [1.807, 2.05) is 0 Å². The predicted molar refractivity (Wildman–Crippen MR) is 114 cm³/mol. The molecule has 0 bridgehead atoms. The lowest BCUT2D eigenvalue weighted by atomic mass is 9.97. The Labute approximate surface area is 156 Å². The Kier molecular flexibility index (Phi) is 4.66. The highest BCUT2D eigenvalue weighted by molar-refractivity contribution is 5.90. The van der Waals surface area contributed by atoms with E-state index < -0.39 is 0 Å². The van der Waals surface area contributed by atoms with Crippen LogP contribution in [0.5, 0.6) is 0 Å². The molecule has 1 aliphatic rings. The van der Waals surface area contributed by atoms with Crippen LogP contribution in [0.3, 0.4) is 0 Å². The van der Waals surface area contributed by atoms with Gasteiger partial charge in [-0.15, -0.1) is 0 Å². The van der Waals surface area contributed by atoms with Crippen LogP contribution in [0.25, 0.3) is 16.8 Å². The van der Waals surface area contributed by atoms with E-state index in [4.69, 9.17) is 0 Å². The first kappa shape index (κ1) is 16.7. The quantitative estimate of drug-likeness (QED) is 0.612. The molecule has 3 aromatic rings. The first-order valence-corrected chi connectivity index (χ1v) is 9.40. The van der Waals surface area contributed by atoms with Gasteiger partial charge in [-0.25, -0.2) is 0 Å². The summed E-state index contributed by atoms with van der Waals surface area (Å²) in [6.07, 6.45) is 4.69. The summed E-state index contributed by atoms with van der Waals surface area (Å²) in [5.41, 5.74) is 5.49. The molecule has 0 saturated carbocycles. The minimum absolute atomic E-state index is 1.10. The molecule has 1 fully saturated rings. The molecular weight excluding hydrogens is 316 g/mol. The molecule has 0 aliphatic carbocycles. The topological polar surface area (TPSA) is 6.48 Å². The van der Waals surface area contributed by atoms with E-state index in [2.05, 4.69) is 96.7 Å². The van der Waals surface area contributed by atoms with Gasteiger partial charge in [-0.1, -0.05) is 54.1 Å². The molecule has 0 unspecified atom stereocenters. The van der Waals surface area contributed by atoms with Gasteiger partial charge in [0.15, 0.2) is 0 Å². The van der Waals surface area contributed by atoms with Crippen LogP contribution in [0.15, 0.2) is 72.3 Å². The van der Waals surface area contributed by atoms with Crippen molar-refractivity contribution in [2.45, 2.75) is 12.8 Å². The van der Waals surface area contributed by atoms with Gasteiger partial charge in [0.1, 0.15) is 0 Å². The largest absolute Gasteiger partial charge is 0.378 e. The number of fused-ring (bicyclic) bond motifs is 1. The van der Waals surface area contributed by atoms with Crippen LogP contribution >= 0.6 is 0 Å². The molecule has 1 aliphatic heterocycles. The Bertz CT molecular complexity index is 907. The monoisotopic (exact) mass is 342 g/mol. The van der Waals surface area contributed by atoms with Crippen molar-refractivity contribution in [3.8, 4) is 0 Å². The summed E-state index contributed by atoms with van der Waals surface area (Å²) in [5, 5.41) is 2.67. The van der Waals surface area contributed by atoms with Crippen LogP contribution in [-0.2, 0) is 0 Å². The van der Waals surface area contributed by atoms with Gasteiger partial charge in [0, 0.05) is 38.6 Å². The van der Waals surface area contributed by atoms with Crippen LogP contribution in [0.1, 0.15) is 18.4 Å². The molecule has 0 amide bonds. The van der Waals surface area contributed by atoms with Gasteiger partial charge in [0.05, 0.1) is 0 Å². The Balaban J connectivity index is 1.48. The first-order valence-electron chi connectivity index (χ1n) is 9.40. The van der Waals surface area contributed by atoms with E-state index in [1.165, 1.54) is 27.7 Å². The van der Waals surface area contributed by atoms with Gasteiger partial charge in [0.2, 0.25) is 0 Å². The van der Waals surface area contributed by atoms with Gasteiger partial charge in [-0.05, 0) is 53.4 Å². The van der Waals surface area contributed by atoms with E-state index in [9.17, 15) is 0 Å². The fourth-order valence-corrected chi connectivity index (χ4v) is 3.75. The zero-order valence-corrected chi connectivity index (χ0v) is 15.7. The maximum Gasteiger partial charge on any atom is 0.0367 e. The molecule has 1 heterocycles. The first-order chi connectivity index (χ1) is 12.7. The second kappa shape index (κ2) is 7.25. The van der Waals surface area contributed by atoms with E-state index in [0.717, 1.165) is 25.9 Å². The van der Waals surface area contributed by atoms with Gasteiger partial charge < -0.3 is 9.80 Å². The van der Waals surface area contributed by atoms with Crippen LogP contribution in [0.4, 0.5) is 11.4 Å². The number of nitrogens with zero attached hydrogens (tertiary/aromatic N) is 2. The van der Waals surface area contributed by atoms with Gasteiger partial charge in [-0.3, -0.25) is 0 Å². The van der Waals surface area contributed by atoms with E-state index in [1.54, 1.807) is 5.57 Å². The van der Waals surface area contributed by atoms with Crippen LogP contribution < -0.4 is 9.80 Å². The Morgan fingerprint density at radius 2 is 1.50 bits per heavy atom. The molecule has 2 heteroatoms. The molecule has 3 aromatic carbocycles. The van der Waals surface area contributed by atoms with Gasteiger partial charge >= 0.3 is 0 Å². The SMILES string of the molecule is CN(C)c1ccc(N2CCC(=Cc3cccc4ccccc34)CC2)cc1. The fourth-order valence-electron chi connectivity index (χ4n) is 3.75. The van der Waals surface area contributed by atoms with E-state index >= 15 is 0 Å². The highest BCUT2D eigenvalue weighted by Gasteiger charge is 2.14. The third-order valence-corrected chi connectivity index (χ3v) is 5.32. The molecule has 2 nitrogen and oxygen atoms in total. The average Bonchev–Trinajstić information content (AvgIpc) is 2.69. The minimum Gasteiger partial charge on any atom is -0.378 e. The number of anilines is 2. The van der Waals surface area contributed by atoms with Crippen molar-refractivity contribution in [2.75, 3.05) is 37.0 Å². The zero-order valence-electron chi connectivity index (χ0n) is 15.7. The van der Waals surface area contributed by atoms with Crippen molar-refractivity contribution in [3.05, 3.63) is 77.9 Å². The molecule has 0 spiro atoms. The summed E-state index contributed by atoms with van der Waals surface area (Å²) in [4.78, 5) is 4.64. The summed E-state index contributed by atoms with van der Waals surface area (Å²) in [7, 11) is 4.17. The smallest absolute Gasteiger partial charge is 0.0367 e. The van der Waals surface area contributed by atoms with Crippen LogP contribution in [0, 0.1) is 0 Å².